The molecule has 1 amide bonds. The van der Waals surface area contributed by atoms with Gasteiger partial charge in [0.15, 0.2) is 5.78 Å². The third kappa shape index (κ3) is 3.95. The number of amides is 1. The fourth-order valence-electron chi connectivity index (χ4n) is 1.95. The molecule has 7 heteroatoms. The van der Waals surface area contributed by atoms with Crippen LogP contribution in [0.2, 0.25) is 0 Å². The van der Waals surface area contributed by atoms with Crippen LogP contribution in [0.15, 0.2) is 0 Å². The van der Waals surface area contributed by atoms with Gasteiger partial charge in [-0.3, -0.25) is 9.59 Å². The molecule has 1 aliphatic carbocycles. The third-order valence-electron chi connectivity index (χ3n) is 3.30. The molecule has 1 fully saturated rings. The summed E-state index contributed by atoms with van der Waals surface area (Å²) in [4.78, 5) is 23.9. The monoisotopic (exact) mass is 311 g/mol. The molecule has 1 aliphatic rings. The SMILES string of the molecule is CNC(=O)c1c(NCCOCC2CC2)sc(C(C)=O)c1N. The summed E-state index contributed by atoms with van der Waals surface area (Å²) in [6, 6.07) is 0. The molecule has 21 heavy (non-hydrogen) atoms. The Balaban J connectivity index is 2.00. The highest BCUT2D eigenvalue weighted by Gasteiger charge is 2.23. The Morgan fingerprint density at radius 2 is 2.14 bits per heavy atom. The highest BCUT2D eigenvalue weighted by Crippen LogP contribution is 2.36. The molecular formula is C14H21N3O3S. The first-order chi connectivity index (χ1) is 10.0. The van der Waals surface area contributed by atoms with Crippen molar-refractivity contribution in [1.29, 1.82) is 0 Å². The topological polar surface area (TPSA) is 93.5 Å². The van der Waals surface area contributed by atoms with Crippen molar-refractivity contribution in [3.05, 3.63) is 10.4 Å². The quantitative estimate of drug-likeness (QED) is 0.502. The Morgan fingerprint density at radius 1 is 1.43 bits per heavy atom. The summed E-state index contributed by atoms with van der Waals surface area (Å²) >= 11 is 1.21. The van der Waals surface area contributed by atoms with Gasteiger partial charge in [-0.2, -0.15) is 0 Å². The van der Waals surface area contributed by atoms with Crippen LogP contribution in [0.1, 0.15) is 39.8 Å². The average Bonchev–Trinajstić information content (AvgIpc) is 3.21. The number of rotatable bonds is 8. The van der Waals surface area contributed by atoms with Crippen LogP contribution in [0.3, 0.4) is 0 Å². The Hall–Kier alpha value is -1.60. The number of ketones is 1. The minimum atomic E-state index is -0.294. The van der Waals surface area contributed by atoms with E-state index >= 15 is 0 Å². The zero-order valence-corrected chi connectivity index (χ0v) is 13.1. The van der Waals surface area contributed by atoms with E-state index in [0.29, 0.717) is 28.6 Å². The molecule has 1 aromatic rings. The zero-order valence-electron chi connectivity index (χ0n) is 12.3. The average molecular weight is 311 g/mol. The van der Waals surface area contributed by atoms with Gasteiger partial charge in [-0.25, -0.2) is 0 Å². The van der Waals surface area contributed by atoms with Crippen molar-refractivity contribution in [3.63, 3.8) is 0 Å². The van der Waals surface area contributed by atoms with Gasteiger partial charge in [0.05, 0.1) is 22.7 Å². The lowest BCUT2D eigenvalue weighted by molar-refractivity contribution is 0.0964. The van der Waals surface area contributed by atoms with E-state index < -0.39 is 0 Å². The summed E-state index contributed by atoms with van der Waals surface area (Å²) in [5, 5.41) is 6.30. The first kappa shape index (κ1) is 15.8. The number of ether oxygens (including phenoxy) is 1. The second kappa shape index (κ2) is 6.91. The van der Waals surface area contributed by atoms with E-state index in [1.165, 1.54) is 38.1 Å². The first-order valence-corrected chi connectivity index (χ1v) is 7.83. The second-order valence-electron chi connectivity index (χ2n) is 5.13. The number of anilines is 2. The molecule has 0 spiro atoms. The number of Topliss-reactive ketones (excluding diaryl/α,β-unsaturated/α-hetero) is 1. The Kier molecular flexibility index (Phi) is 5.19. The summed E-state index contributed by atoms with van der Waals surface area (Å²) in [5.74, 6) is 0.298. The number of nitrogens with one attached hydrogen (secondary N) is 2. The predicted molar refractivity (Wildman–Crippen MR) is 84.2 cm³/mol. The summed E-state index contributed by atoms with van der Waals surface area (Å²) < 4.78 is 5.53. The van der Waals surface area contributed by atoms with Crippen LogP contribution >= 0.6 is 11.3 Å². The maximum atomic E-state index is 11.9. The van der Waals surface area contributed by atoms with E-state index in [2.05, 4.69) is 10.6 Å². The van der Waals surface area contributed by atoms with E-state index in [-0.39, 0.29) is 17.4 Å². The fraction of sp³-hybridized carbons (Fsp3) is 0.571. The molecule has 0 atom stereocenters. The van der Waals surface area contributed by atoms with Gasteiger partial charge in [0.25, 0.3) is 5.91 Å². The number of carbonyl (C=O) groups excluding carboxylic acids is 2. The molecule has 0 aliphatic heterocycles. The van der Waals surface area contributed by atoms with E-state index in [9.17, 15) is 9.59 Å². The van der Waals surface area contributed by atoms with Crippen LogP contribution < -0.4 is 16.4 Å². The Bertz CT molecular complexity index is 538. The van der Waals surface area contributed by atoms with Crippen molar-refractivity contribution in [2.75, 3.05) is 37.9 Å². The molecule has 2 rings (SSSR count). The first-order valence-electron chi connectivity index (χ1n) is 7.01. The number of thiophene rings is 1. The molecule has 1 heterocycles. The molecule has 0 unspecified atom stereocenters. The maximum Gasteiger partial charge on any atom is 0.256 e. The van der Waals surface area contributed by atoms with Crippen molar-refractivity contribution in [2.45, 2.75) is 19.8 Å². The number of carbonyl (C=O) groups is 2. The maximum absolute atomic E-state index is 11.9. The van der Waals surface area contributed by atoms with Gasteiger partial charge < -0.3 is 21.1 Å². The highest BCUT2D eigenvalue weighted by molar-refractivity contribution is 7.19. The van der Waals surface area contributed by atoms with Gasteiger partial charge in [-0.1, -0.05) is 0 Å². The highest BCUT2D eigenvalue weighted by atomic mass is 32.1. The van der Waals surface area contributed by atoms with Crippen molar-refractivity contribution >= 4 is 33.7 Å². The summed E-state index contributed by atoms with van der Waals surface area (Å²) in [6.45, 7) is 3.39. The van der Waals surface area contributed by atoms with Crippen LogP contribution in [0.5, 0.6) is 0 Å². The van der Waals surface area contributed by atoms with Crippen LogP contribution in [0.4, 0.5) is 10.7 Å². The molecule has 0 saturated heterocycles. The van der Waals surface area contributed by atoms with Gasteiger partial charge >= 0.3 is 0 Å². The molecule has 6 nitrogen and oxygen atoms in total. The molecule has 116 valence electrons. The van der Waals surface area contributed by atoms with E-state index in [1.807, 2.05) is 0 Å². The van der Waals surface area contributed by atoms with E-state index in [1.54, 1.807) is 0 Å². The van der Waals surface area contributed by atoms with Crippen LogP contribution in [-0.4, -0.2) is 38.5 Å². The molecule has 1 aromatic heterocycles. The Morgan fingerprint density at radius 3 is 2.71 bits per heavy atom. The van der Waals surface area contributed by atoms with Crippen molar-refractivity contribution < 1.29 is 14.3 Å². The molecular weight excluding hydrogens is 290 g/mol. The van der Waals surface area contributed by atoms with E-state index in [4.69, 9.17) is 10.5 Å². The predicted octanol–water partition coefficient (Wildman–Crippen LogP) is 1.73. The van der Waals surface area contributed by atoms with Crippen LogP contribution in [0.25, 0.3) is 0 Å². The molecule has 0 radical (unpaired) electrons. The van der Waals surface area contributed by atoms with Crippen molar-refractivity contribution in [3.8, 4) is 0 Å². The van der Waals surface area contributed by atoms with Gasteiger partial charge in [-0.05, 0) is 18.8 Å². The van der Waals surface area contributed by atoms with E-state index in [0.717, 1.165) is 12.5 Å². The number of nitrogens with two attached hydrogens (primary N) is 1. The minimum absolute atomic E-state index is 0.138. The molecule has 0 aromatic carbocycles. The summed E-state index contributed by atoms with van der Waals surface area (Å²) in [7, 11) is 1.54. The number of hydrogen-bond donors (Lipinski definition) is 3. The lowest BCUT2D eigenvalue weighted by atomic mass is 10.2. The third-order valence-corrected chi connectivity index (χ3v) is 4.57. The standard InChI is InChI=1S/C14H21N3O3S/c1-8(18)12-11(15)10(13(19)16-2)14(21-12)17-5-6-20-7-9-3-4-9/h9,17H,3-7,15H2,1-2H3,(H,16,19). The number of nitrogen functional groups attached to an aromatic ring is 1. The number of hydrogen-bond acceptors (Lipinski definition) is 6. The van der Waals surface area contributed by atoms with Gasteiger partial charge in [-0.15, -0.1) is 11.3 Å². The normalized spacial score (nSPS) is 14.0. The largest absolute Gasteiger partial charge is 0.397 e. The molecule has 1 saturated carbocycles. The van der Waals surface area contributed by atoms with Crippen molar-refractivity contribution in [2.24, 2.45) is 5.92 Å². The molecule has 4 N–H and O–H groups in total. The lowest BCUT2D eigenvalue weighted by Gasteiger charge is -2.07. The summed E-state index contributed by atoms with van der Waals surface area (Å²) in [6.07, 6.45) is 2.52. The fourth-order valence-corrected chi connectivity index (χ4v) is 2.99. The van der Waals surface area contributed by atoms with Gasteiger partial charge in [0.2, 0.25) is 0 Å². The zero-order chi connectivity index (χ0) is 15.4. The van der Waals surface area contributed by atoms with Crippen LogP contribution in [0, 0.1) is 5.92 Å². The van der Waals surface area contributed by atoms with Gasteiger partial charge in [0, 0.05) is 27.1 Å². The minimum Gasteiger partial charge on any atom is -0.397 e. The second-order valence-corrected chi connectivity index (χ2v) is 6.15. The van der Waals surface area contributed by atoms with Crippen LogP contribution in [-0.2, 0) is 4.74 Å². The Labute approximate surface area is 128 Å². The van der Waals surface area contributed by atoms with Gasteiger partial charge in [0.1, 0.15) is 5.00 Å². The summed E-state index contributed by atoms with van der Waals surface area (Å²) in [5.41, 5.74) is 6.50. The lowest BCUT2D eigenvalue weighted by Crippen LogP contribution is -2.21. The molecule has 0 bridgehead atoms. The smallest absolute Gasteiger partial charge is 0.256 e. The van der Waals surface area contributed by atoms with Crippen molar-refractivity contribution in [1.82, 2.24) is 5.32 Å².